The number of halogens is 1. The first-order valence-corrected chi connectivity index (χ1v) is 24.2. The molecule has 4 saturated heterocycles. The molecule has 67 heavy (non-hydrogen) atoms. The van der Waals surface area contributed by atoms with Crippen molar-refractivity contribution in [1.82, 2.24) is 44.9 Å². The fourth-order valence-electron chi connectivity index (χ4n) is 11.1. The standard InChI is InChI=1S/C50H59FN12O4/c1-2-50(49(66)57-36-15-23-67-24-16-36)17-21-61(22-18-50)44-11-3-33(27-53-44)46-47-34(26-52)28-55-63(47)31-43(58-46)35-29-54-62(30-35)39-7-5-38(6-8-39)60-19-13-32(14-20-60)40-9-4-37(25-41(40)51)56-42-10-12-45(64)59-48(42)65/h3-4,9,11,25,27-32,36,38-39,42,56H,2,5-8,10,12-24H2,1H3,(H,57,66)(H,59,64,65)/t38-,39-,42-/m0/s1. The molecule has 16 nitrogen and oxygen atoms in total. The number of carbonyl (C=O) groups excluding carboxylic acids is 3. The number of nitrogens with one attached hydrogen (secondary N) is 3. The zero-order valence-corrected chi connectivity index (χ0v) is 38.1. The molecule has 0 spiro atoms. The van der Waals surface area contributed by atoms with E-state index in [1.807, 2.05) is 42.9 Å². The van der Waals surface area contributed by atoms with Gasteiger partial charge in [0.1, 0.15) is 34.8 Å². The summed E-state index contributed by atoms with van der Waals surface area (Å²) in [4.78, 5) is 52.1. The number of aromatic nitrogens is 6. The van der Waals surface area contributed by atoms with Crippen molar-refractivity contribution < 1.29 is 23.5 Å². The highest BCUT2D eigenvalue weighted by Gasteiger charge is 2.41. The number of rotatable bonds is 11. The van der Waals surface area contributed by atoms with Gasteiger partial charge in [-0.05, 0) is 126 Å². The molecule has 0 unspecified atom stereocenters. The van der Waals surface area contributed by atoms with E-state index in [0.29, 0.717) is 53.8 Å². The molecule has 3 amide bonds. The van der Waals surface area contributed by atoms with E-state index < -0.39 is 6.04 Å². The zero-order valence-electron chi connectivity index (χ0n) is 38.1. The van der Waals surface area contributed by atoms with E-state index in [4.69, 9.17) is 19.8 Å². The quantitative estimate of drug-likeness (QED) is 0.122. The van der Waals surface area contributed by atoms with Crippen LogP contribution < -0.4 is 20.9 Å². The maximum absolute atomic E-state index is 15.4. The Morgan fingerprint density at radius 2 is 1.69 bits per heavy atom. The van der Waals surface area contributed by atoms with Crippen LogP contribution >= 0.6 is 0 Å². The van der Waals surface area contributed by atoms with Crippen LogP contribution in [-0.4, -0.2) is 110 Å². The minimum atomic E-state index is -0.548. The first-order chi connectivity index (χ1) is 32.7. The molecule has 1 atom stereocenters. The summed E-state index contributed by atoms with van der Waals surface area (Å²) in [5.41, 5.74) is 4.92. The lowest BCUT2D eigenvalue weighted by molar-refractivity contribution is -0.134. The second kappa shape index (κ2) is 19.2. The van der Waals surface area contributed by atoms with Gasteiger partial charge in [-0.3, -0.25) is 24.4 Å². The highest BCUT2D eigenvalue weighted by Crippen LogP contribution is 2.39. The molecule has 8 heterocycles. The van der Waals surface area contributed by atoms with E-state index in [-0.39, 0.29) is 53.4 Å². The van der Waals surface area contributed by atoms with Gasteiger partial charge in [-0.25, -0.2) is 18.9 Å². The van der Waals surface area contributed by atoms with Crippen LogP contribution in [0.4, 0.5) is 15.9 Å². The normalized spacial score (nSPS) is 23.2. The number of piperidine rings is 3. The molecular formula is C50H59FN12O4. The third-order valence-corrected chi connectivity index (χ3v) is 15.4. The van der Waals surface area contributed by atoms with Crippen molar-refractivity contribution in [3.63, 3.8) is 0 Å². The predicted octanol–water partition coefficient (Wildman–Crippen LogP) is 6.54. The number of nitriles is 1. The van der Waals surface area contributed by atoms with E-state index >= 15 is 4.39 Å². The monoisotopic (exact) mass is 910 g/mol. The van der Waals surface area contributed by atoms with Crippen LogP contribution in [0, 0.1) is 22.6 Å². The van der Waals surface area contributed by atoms with Crippen LogP contribution in [0.25, 0.3) is 28.0 Å². The molecule has 5 fully saturated rings. The zero-order chi connectivity index (χ0) is 46.1. The first-order valence-electron chi connectivity index (χ1n) is 24.2. The number of carbonyl (C=O) groups is 3. The Hall–Kier alpha value is -6.25. The maximum Gasteiger partial charge on any atom is 0.249 e. The van der Waals surface area contributed by atoms with Gasteiger partial charge in [-0.15, -0.1) is 0 Å². The number of hydrogen-bond donors (Lipinski definition) is 3. The minimum absolute atomic E-state index is 0.142. The topological polar surface area (TPSA) is 188 Å². The highest BCUT2D eigenvalue weighted by atomic mass is 19.1. The van der Waals surface area contributed by atoms with Gasteiger partial charge in [0.15, 0.2) is 0 Å². The number of likely N-dealkylation sites (tertiary alicyclic amines) is 1. The molecule has 17 heteroatoms. The lowest BCUT2D eigenvalue weighted by atomic mass is 9.75. The van der Waals surface area contributed by atoms with Gasteiger partial charge in [0.25, 0.3) is 0 Å². The number of ether oxygens (including phenoxy) is 1. The molecule has 4 aliphatic heterocycles. The lowest BCUT2D eigenvalue weighted by Crippen LogP contribution is -2.52. The van der Waals surface area contributed by atoms with Gasteiger partial charge in [-0.1, -0.05) is 13.0 Å². The van der Waals surface area contributed by atoms with E-state index in [1.54, 1.807) is 10.7 Å². The van der Waals surface area contributed by atoms with Crippen molar-refractivity contribution in [3.05, 3.63) is 78.3 Å². The SMILES string of the molecule is CCC1(C(=O)NC2CCOCC2)CCN(c2ccc(-c3nc(-c4cnn([C@H]5CC[C@H](N6CCC(c7ccc(N[C@H]8CCC(=O)NC8=O)cc7F)CC6)CC5)c4)cn4ncc(C#N)c34)cn2)CC1. The van der Waals surface area contributed by atoms with E-state index in [2.05, 4.69) is 54.7 Å². The summed E-state index contributed by atoms with van der Waals surface area (Å²) in [5, 5.41) is 28.2. The molecular weight excluding hydrogens is 852 g/mol. The van der Waals surface area contributed by atoms with Gasteiger partial charge < -0.3 is 25.2 Å². The molecule has 350 valence electrons. The summed E-state index contributed by atoms with van der Waals surface area (Å²) in [6.07, 6.45) is 19.8. The van der Waals surface area contributed by atoms with E-state index in [1.165, 1.54) is 6.07 Å². The summed E-state index contributed by atoms with van der Waals surface area (Å²) >= 11 is 0. The Morgan fingerprint density at radius 1 is 0.910 bits per heavy atom. The van der Waals surface area contributed by atoms with Gasteiger partial charge in [-0.2, -0.15) is 15.5 Å². The Balaban J connectivity index is 0.753. The largest absolute Gasteiger partial charge is 0.381 e. The Labute approximate surface area is 389 Å². The molecule has 1 aliphatic carbocycles. The molecule has 10 rings (SSSR count). The van der Waals surface area contributed by atoms with Gasteiger partial charge >= 0.3 is 0 Å². The van der Waals surface area contributed by atoms with Gasteiger partial charge in [0, 0.05) is 74.0 Å². The summed E-state index contributed by atoms with van der Waals surface area (Å²) in [7, 11) is 0. The molecule has 5 aliphatic rings. The summed E-state index contributed by atoms with van der Waals surface area (Å²) in [6, 6.07) is 11.8. The Kier molecular flexibility index (Phi) is 12.7. The average molecular weight is 911 g/mol. The molecule has 0 bridgehead atoms. The Bertz CT molecular complexity index is 2650. The molecule has 0 radical (unpaired) electrons. The lowest BCUT2D eigenvalue weighted by Gasteiger charge is -2.41. The number of imide groups is 1. The molecule has 4 aromatic heterocycles. The Morgan fingerprint density at radius 3 is 2.39 bits per heavy atom. The van der Waals surface area contributed by atoms with Gasteiger partial charge in [0.05, 0.1) is 41.4 Å². The number of benzene rings is 1. The van der Waals surface area contributed by atoms with Crippen LogP contribution in [0.2, 0.25) is 0 Å². The summed E-state index contributed by atoms with van der Waals surface area (Å²) in [5.74, 6) is 0.252. The maximum atomic E-state index is 15.4. The number of hydrogen-bond acceptors (Lipinski definition) is 12. The average Bonchev–Trinajstić information content (AvgIpc) is 4.04. The van der Waals surface area contributed by atoms with Crippen molar-refractivity contribution >= 4 is 34.7 Å². The van der Waals surface area contributed by atoms with Crippen molar-refractivity contribution in [2.75, 3.05) is 49.6 Å². The predicted molar refractivity (Wildman–Crippen MR) is 249 cm³/mol. The molecule has 1 aromatic carbocycles. The number of anilines is 2. The van der Waals surface area contributed by atoms with Crippen LogP contribution in [0.3, 0.4) is 0 Å². The molecule has 1 saturated carbocycles. The third-order valence-electron chi connectivity index (χ3n) is 15.4. The highest BCUT2D eigenvalue weighted by molar-refractivity contribution is 6.01. The summed E-state index contributed by atoms with van der Waals surface area (Å²) in [6.45, 7) is 6.83. The van der Waals surface area contributed by atoms with Crippen molar-refractivity contribution in [2.45, 2.75) is 120 Å². The van der Waals surface area contributed by atoms with Crippen LogP contribution in [0.5, 0.6) is 0 Å². The molecule has 5 aromatic rings. The van der Waals surface area contributed by atoms with Crippen molar-refractivity contribution in [1.29, 1.82) is 5.26 Å². The summed E-state index contributed by atoms with van der Waals surface area (Å²) < 4.78 is 24.7. The fourth-order valence-corrected chi connectivity index (χ4v) is 11.1. The fraction of sp³-hybridized carbons (Fsp3) is 0.520. The number of nitrogens with zero attached hydrogens (tertiary/aromatic N) is 9. The second-order valence-corrected chi connectivity index (χ2v) is 19.2. The van der Waals surface area contributed by atoms with Crippen LogP contribution in [-0.2, 0) is 19.1 Å². The number of pyridine rings is 1. The van der Waals surface area contributed by atoms with Crippen molar-refractivity contribution in [2.24, 2.45) is 5.41 Å². The number of fused-ring (bicyclic) bond motifs is 1. The minimum Gasteiger partial charge on any atom is -0.381 e. The van der Waals surface area contributed by atoms with Gasteiger partial charge in [0.2, 0.25) is 17.7 Å². The number of amides is 3. The van der Waals surface area contributed by atoms with E-state index in [0.717, 1.165) is 119 Å². The second-order valence-electron chi connectivity index (χ2n) is 19.2. The first kappa shape index (κ1) is 44.6. The van der Waals surface area contributed by atoms with Crippen LogP contribution in [0.1, 0.15) is 113 Å². The molecule has 3 N–H and O–H groups in total. The van der Waals surface area contributed by atoms with Crippen molar-refractivity contribution in [3.8, 4) is 28.6 Å². The van der Waals surface area contributed by atoms with E-state index in [9.17, 15) is 19.6 Å². The van der Waals surface area contributed by atoms with Crippen LogP contribution in [0.15, 0.2) is 61.3 Å². The third kappa shape index (κ3) is 9.25. The smallest absolute Gasteiger partial charge is 0.249 e.